The van der Waals surface area contributed by atoms with Crippen LogP contribution in [0.15, 0.2) is 63.3 Å². The summed E-state index contributed by atoms with van der Waals surface area (Å²) in [5.74, 6) is 0.208. The van der Waals surface area contributed by atoms with Crippen LogP contribution < -0.4 is 5.43 Å². The Labute approximate surface area is 139 Å². The van der Waals surface area contributed by atoms with Crippen molar-refractivity contribution in [3.05, 3.63) is 69.9 Å². The number of rotatable bonds is 3. The molecule has 2 aromatic carbocycles. The van der Waals surface area contributed by atoms with Gasteiger partial charge in [-0.2, -0.15) is 0 Å². The molecule has 0 bridgehead atoms. The third kappa shape index (κ3) is 3.04. The molecule has 0 fully saturated rings. The highest BCUT2D eigenvalue weighted by Gasteiger charge is 2.15. The van der Waals surface area contributed by atoms with Gasteiger partial charge in [-0.1, -0.05) is 23.8 Å². The van der Waals surface area contributed by atoms with E-state index >= 15 is 0 Å². The number of phenols is 2. The van der Waals surface area contributed by atoms with Crippen molar-refractivity contribution in [3.63, 3.8) is 0 Å². The number of phenolic OH excluding ortho intramolecular Hbond substituents is 2. The Morgan fingerprint density at radius 2 is 1.88 bits per heavy atom. The molecule has 0 aliphatic heterocycles. The first-order valence-electron chi connectivity index (χ1n) is 7.67. The van der Waals surface area contributed by atoms with Crippen LogP contribution in [-0.2, 0) is 6.42 Å². The highest BCUT2D eigenvalue weighted by Crippen LogP contribution is 2.35. The molecule has 122 valence electrons. The first-order chi connectivity index (χ1) is 11.5. The lowest BCUT2D eigenvalue weighted by atomic mass is 9.99. The van der Waals surface area contributed by atoms with Gasteiger partial charge in [-0.05, 0) is 38.5 Å². The van der Waals surface area contributed by atoms with Crippen LogP contribution in [0.4, 0.5) is 0 Å². The number of benzene rings is 2. The molecule has 4 heteroatoms. The molecule has 2 N–H and O–H groups in total. The van der Waals surface area contributed by atoms with Crippen molar-refractivity contribution in [3.8, 4) is 22.8 Å². The van der Waals surface area contributed by atoms with E-state index in [0.717, 1.165) is 5.57 Å². The van der Waals surface area contributed by atoms with E-state index in [1.165, 1.54) is 18.2 Å². The standard InChI is InChI=1S/C20H18O4/c1-12(2)7-8-14-16(9-13(21)10-17(14)22)20-11-18(23)15-5-3-4-6-19(15)24-20/h3-7,9-11,21-22H,8H2,1-2H3. The van der Waals surface area contributed by atoms with Crippen LogP contribution in [0.5, 0.6) is 11.5 Å². The third-order valence-electron chi connectivity index (χ3n) is 3.83. The van der Waals surface area contributed by atoms with Crippen LogP contribution in [0, 0.1) is 0 Å². The maximum absolute atomic E-state index is 12.3. The second-order valence-electron chi connectivity index (χ2n) is 5.95. The minimum absolute atomic E-state index is 0.0293. The molecule has 0 saturated heterocycles. The van der Waals surface area contributed by atoms with E-state index in [-0.39, 0.29) is 16.9 Å². The Balaban J connectivity index is 2.25. The fourth-order valence-electron chi connectivity index (χ4n) is 2.62. The Morgan fingerprint density at radius 1 is 1.12 bits per heavy atom. The zero-order chi connectivity index (χ0) is 17.3. The van der Waals surface area contributed by atoms with E-state index in [9.17, 15) is 15.0 Å². The second kappa shape index (κ2) is 6.24. The Hall–Kier alpha value is -3.01. The largest absolute Gasteiger partial charge is 0.508 e. The lowest BCUT2D eigenvalue weighted by molar-refractivity contribution is 0.447. The maximum Gasteiger partial charge on any atom is 0.193 e. The second-order valence-corrected chi connectivity index (χ2v) is 5.95. The molecular weight excluding hydrogens is 304 g/mol. The van der Waals surface area contributed by atoms with E-state index in [2.05, 4.69) is 0 Å². The van der Waals surface area contributed by atoms with Gasteiger partial charge >= 0.3 is 0 Å². The van der Waals surface area contributed by atoms with Crippen LogP contribution in [0.25, 0.3) is 22.3 Å². The van der Waals surface area contributed by atoms with Gasteiger partial charge in [-0.3, -0.25) is 4.79 Å². The van der Waals surface area contributed by atoms with Gasteiger partial charge in [0.1, 0.15) is 22.8 Å². The number of aromatic hydroxyl groups is 2. The fraction of sp³-hybridized carbons (Fsp3) is 0.150. The minimum atomic E-state index is -0.164. The van der Waals surface area contributed by atoms with Gasteiger partial charge in [0.2, 0.25) is 0 Å². The number of para-hydroxylation sites is 1. The monoisotopic (exact) mass is 322 g/mol. The summed E-state index contributed by atoms with van der Waals surface area (Å²) in [6.45, 7) is 3.93. The van der Waals surface area contributed by atoms with E-state index < -0.39 is 0 Å². The number of hydrogen-bond donors (Lipinski definition) is 2. The van der Waals surface area contributed by atoms with Crippen LogP contribution in [0.1, 0.15) is 19.4 Å². The molecule has 0 amide bonds. The summed E-state index contributed by atoms with van der Waals surface area (Å²) in [4.78, 5) is 12.3. The average molecular weight is 322 g/mol. The lowest BCUT2D eigenvalue weighted by Crippen LogP contribution is -2.01. The highest BCUT2D eigenvalue weighted by atomic mass is 16.3. The number of allylic oxidation sites excluding steroid dienone is 2. The molecule has 0 radical (unpaired) electrons. The van der Waals surface area contributed by atoms with Crippen LogP contribution in [0.3, 0.4) is 0 Å². The Morgan fingerprint density at radius 3 is 2.62 bits per heavy atom. The summed E-state index contributed by atoms with van der Waals surface area (Å²) in [7, 11) is 0. The SMILES string of the molecule is CC(C)=CCc1c(O)cc(O)cc1-c1cc(=O)c2ccccc2o1. The van der Waals surface area contributed by atoms with Gasteiger partial charge in [-0.25, -0.2) is 0 Å². The fourth-order valence-corrected chi connectivity index (χ4v) is 2.62. The van der Waals surface area contributed by atoms with Crippen molar-refractivity contribution in [2.24, 2.45) is 0 Å². The molecule has 0 saturated carbocycles. The van der Waals surface area contributed by atoms with Gasteiger partial charge in [-0.15, -0.1) is 0 Å². The van der Waals surface area contributed by atoms with Crippen molar-refractivity contribution in [1.29, 1.82) is 0 Å². The molecule has 1 heterocycles. The zero-order valence-corrected chi connectivity index (χ0v) is 13.5. The van der Waals surface area contributed by atoms with Crippen molar-refractivity contribution in [2.45, 2.75) is 20.3 Å². The predicted molar refractivity (Wildman–Crippen MR) is 94.4 cm³/mol. The van der Waals surface area contributed by atoms with E-state index in [0.29, 0.717) is 34.3 Å². The molecule has 0 spiro atoms. The van der Waals surface area contributed by atoms with Crippen molar-refractivity contribution in [2.75, 3.05) is 0 Å². The first kappa shape index (κ1) is 15.9. The van der Waals surface area contributed by atoms with E-state index in [4.69, 9.17) is 4.42 Å². The minimum Gasteiger partial charge on any atom is -0.508 e. The van der Waals surface area contributed by atoms with Crippen molar-refractivity contribution in [1.82, 2.24) is 0 Å². The highest BCUT2D eigenvalue weighted by molar-refractivity contribution is 5.79. The average Bonchev–Trinajstić information content (AvgIpc) is 2.53. The van der Waals surface area contributed by atoms with Crippen molar-refractivity contribution >= 4 is 11.0 Å². The van der Waals surface area contributed by atoms with Gasteiger partial charge in [0.05, 0.1) is 5.39 Å². The van der Waals surface area contributed by atoms with Gasteiger partial charge in [0.25, 0.3) is 0 Å². The topological polar surface area (TPSA) is 70.7 Å². The summed E-state index contributed by atoms with van der Waals surface area (Å²) in [6, 6.07) is 11.2. The van der Waals surface area contributed by atoms with Gasteiger partial charge in [0, 0.05) is 23.3 Å². The molecular formula is C20H18O4. The Kier molecular flexibility index (Phi) is 4.13. The van der Waals surface area contributed by atoms with Crippen LogP contribution >= 0.6 is 0 Å². The molecule has 3 aromatic rings. The van der Waals surface area contributed by atoms with E-state index in [1.807, 2.05) is 19.9 Å². The molecule has 0 atom stereocenters. The Bertz CT molecular complexity index is 992. The van der Waals surface area contributed by atoms with Gasteiger partial charge < -0.3 is 14.6 Å². The molecule has 0 aliphatic carbocycles. The van der Waals surface area contributed by atoms with Crippen LogP contribution in [-0.4, -0.2) is 10.2 Å². The van der Waals surface area contributed by atoms with Crippen LogP contribution in [0.2, 0.25) is 0 Å². The normalized spacial score (nSPS) is 10.8. The number of fused-ring (bicyclic) bond motifs is 1. The zero-order valence-electron chi connectivity index (χ0n) is 13.5. The predicted octanol–water partition coefficient (Wildman–Crippen LogP) is 4.38. The maximum atomic E-state index is 12.3. The summed E-state index contributed by atoms with van der Waals surface area (Å²) in [5.41, 5.74) is 2.52. The molecule has 3 rings (SSSR count). The summed E-state index contributed by atoms with van der Waals surface area (Å²) >= 11 is 0. The summed E-state index contributed by atoms with van der Waals surface area (Å²) in [5, 5.41) is 20.6. The molecule has 4 nitrogen and oxygen atoms in total. The molecule has 0 unspecified atom stereocenters. The quantitative estimate of drug-likeness (QED) is 0.702. The third-order valence-corrected chi connectivity index (χ3v) is 3.83. The number of hydrogen-bond acceptors (Lipinski definition) is 4. The summed E-state index contributed by atoms with van der Waals surface area (Å²) < 4.78 is 5.84. The smallest absolute Gasteiger partial charge is 0.193 e. The first-order valence-corrected chi connectivity index (χ1v) is 7.67. The van der Waals surface area contributed by atoms with Gasteiger partial charge in [0.15, 0.2) is 5.43 Å². The molecule has 24 heavy (non-hydrogen) atoms. The summed E-state index contributed by atoms with van der Waals surface area (Å²) in [6.07, 6.45) is 2.44. The van der Waals surface area contributed by atoms with Crippen molar-refractivity contribution < 1.29 is 14.6 Å². The van der Waals surface area contributed by atoms with E-state index in [1.54, 1.807) is 24.3 Å². The molecule has 1 aromatic heterocycles. The lowest BCUT2D eigenvalue weighted by Gasteiger charge is -2.11. The molecule has 0 aliphatic rings.